The maximum Gasteiger partial charge on any atom is 0.573 e. The van der Waals surface area contributed by atoms with Gasteiger partial charge < -0.3 is 14.2 Å². The second kappa shape index (κ2) is 6.40. The Morgan fingerprint density at radius 1 is 1.04 bits per heavy atom. The number of ether oxygens (including phenoxy) is 1. The molecule has 2 aromatic heterocycles. The fraction of sp³-hybridized carbons (Fsp3) is 0.200. The smallest absolute Gasteiger partial charge is 0.406 e. The molecule has 5 nitrogen and oxygen atoms in total. The molecule has 8 heteroatoms. The minimum absolute atomic E-state index is 0.284. The molecular weight excluding hydrogens is 371 g/mol. The molecule has 0 fully saturated rings. The first kappa shape index (κ1) is 18.1. The number of aromatic nitrogens is 3. The third kappa shape index (κ3) is 3.33. The van der Waals surface area contributed by atoms with Crippen LogP contribution in [0, 0.1) is 20.8 Å². The largest absolute Gasteiger partial charge is 0.573 e. The highest BCUT2D eigenvalue weighted by molar-refractivity contribution is 5.96. The molecule has 0 amide bonds. The van der Waals surface area contributed by atoms with Crippen LogP contribution in [0.5, 0.6) is 5.75 Å². The number of hydrogen-bond donors (Lipinski definition) is 1. The van der Waals surface area contributed by atoms with Gasteiger partial charge in [-0.1, -0.05) is 17.3 Å². The van der Waals surface area contributed by atoms with Gasteiger partial charge in [0.25, 0.3) is 0 Å². The van der Waals surface area contributed by atoms with Gasteiger partial charge in [0.15, 0.2) is 0 Å². The van der Waals surface area contributed by atoms with E-state index >= 15 is 0 Å². The number of nitrogens with zero attached hydrogens (tertiary/aromatic N) is 2. The summed E-state index contributed by atoms with van der Waals surface area (Å²) in [5.74, 6) is 1.08. The van der Waals surface area contributed by atoms with E-state index in [9.17, 15) is 13.2 Å². The summed E-state index contributed by atoms with van der Waals surface area (Å²) < 4.78 is 47.2. The molecule has 0 saturated heterocycles. The highest BCUT2D eigenvalue weighted by Gasteiger charge is 2.31. The number of imidazole rings is 1. The quantitative estimate of drug-likeness (QED) is 0.489. The molecular formula is C20H16F3N3O2. The van der Waals surface area contributed by atoms with E-state index in [0.717, 1.165) is 22.3 Å². The number of alkyl halides is 3. The van der Waals surface area contributed by atoms with Crippen molar-refractivity contribution >= 4 is 11.0 Å². The van der Waals surface area contributed by atoms with E-state index in [4.69, 9.17) is 4.52 Å². The third-order valence-electron chi connectivity index (χ3n) is 4.41. The maximum absolute atomic E-state index is 12.6. The normalized spacial score (nSPS) is 11.9. The van der Waals surface area contributed by atoms with Crippen LogP contribution in [0.15, 0.2) is 40.9 Å². The molecule has 28 heavy (non-hydrogen) atoms. The first-order valence-electron chi connectivity index (χ1n) is 8.51. The number of fused-ring (bicyclic) bond motifs is 1. The molecule has 0 atom stereocenters. The number of nitrogens with one attached hydrogen (secondary N) is 1. The van der Waals surface area contributed by atoms with Crippen molar-refractivity contribution < 1.29 is 22.4 Å². The molecule has 0 aliphatic heterocycles. The number of H-pyrrole nitrogens is 1. The van der Waals surface area contributed by atoms with Gasteiger partial charge in [-0.25, -0.2) is 4.98 Å². The number of halogens is 3. The van der Waals surface area contributed by atoms with E-state index in [2.05, 4.69) is 19.9 Å². The molecule has 0 aliphatic rings. The van der Waals surface area contributed by atoms with Gasteiger partial charge in [-0.3, -0.25) is 0 Å². The van der Waals surface area contributed by atoms with Gasteiger partial charge in [0.2, 0.25) is 0 Å². The van der Waals surface area contributed by atoms with Crippen molar-refractivity contribution in [2.24, 2.45) is 0 Å². The lowest BCUT2D eigenvalue weighted by Gasteiger charge is -2.11. The van der Waals surface area contributed by atoms with Crippen LogP contribution in [-0.2, 0) is 0 Å². The zero-order valence-corrected chi connectivity index (χ0v) is 15.3. The maximum atomic E-state index is 12.6. The molecule has 144 valence electrons. The lowest BCUT2D eigenvalue weighted by Crippen LogP contribution is -2.17. The summed E-state index contributed by atoms with van der Waals surface area (Å²) in [6, 6.07) is 9.66. The van der Waals surface area contributed by atoms with Crippen molar-refractivity contribution in [3.63, 3.8) is 0 Å². The SMILES string of the molecule is Cc1nc2c(-c3cccc(OC(F)(F)F)c3)cc(-c3c(C)noc3C)cc2[nH]1. The Hall–Kier alpha value is -3.29. The molecule has 0 unspecified atom stereocenters. The Bertz CT molecular complexity index is 1160. The first-order chi connectivity index (χ1) is 13.2. The minimum atomic E-state index is -4.75. The van der Waals surface area contributed by atoms with Crippen LogP contribution in [-0.4, -0.2) is 21.5 Å². The van der Waals surface area contributed by atoms with Crippen molar-refractivity contribution in [3.05, 3.63) is 53.7 Å². The number of hydrogen-bond acceptors (Lipinski definition) is 4. The van der Waals surface area contributed by atoms with E-state index in [1.54, 1.807) is 6.07 Å². The molecule has 0 aliphatic carbocycles. The zero-order valence-electron chi connectivity index (χ0n) is 15.3. The Labute approximate surface area is 158 Å². The Morgan fingerprint density at radius 2 is 1.82 bits per heavy atom. The summed E-state index contributed by atoms with van der Waals surface area (Å²) in [5.41, 5.74) is 5.09. The predicted molar refractivity (Wildman–Crippen MR) is 97.9 cm³/mol. The minimum Gasteiger partial charge on any atom is -0.406 e. The Balaban J connectivity index is 1.93. The lowest BCUT2D eigenvalue weighted by molar-refractivity contribution is -0.274. The third-order valence-corrected chi connectivity index (χ3v) is 4.41. The van der Waals surface area contributed by atoms with E-state index in [1.165, 1.54) is 18.2 Å². The van der Waals surface area contributed by atoms with Gasteiger partial charge in [-0.15, -0.1) is 13.2 Å². The average molecular weight is 387 g/mol. The Morgan fingerprint density at radius 3 is 2.50 bits per heavy atom. The fourth-order valence-electron chi connectivity index (χ4n) is 3.36. The Kier molecular flexibility index (Phi) is 4.14. The molecule has 2 heterocycles. The second-order valence-electron chi connectivity index (χ2n) is 6.52. The molecule has 4 aromatic rings. The van der Waals surface area contributed by atoms with E-state index in [0.29, 0.717) is 28.2 Å². The van der Waals surface area contributed by atoms with Gasteiger partial charge in [-0.2, -0.15) is 0 Å². The van der Waals surface area contributed by atoms with Crippen LogP contribution < -0.4 is 4.74 Å². The summed E-state index contributed by atoms with van der Waals surface area (Å²) in [6.45, 7) is 5.48. The molecule has 1 N–H and O–H groups in total. The van der Waals surface area contributed by atoms with Crippen LogP contribution in [0.25, 0.3) is 33.3 Å². The molecule has 0 spiro atoms. The molecule has 4 rings (SSSR count). The van der Waals surface area contributed by atoms with Crippen molar-refractivity contribution in [2.45, 2.75) is 27.1 Å². The van der Waals surface area contributed by atoms with Gasteiger partial charge in [0, 0.05) is 11.1 Å². The second-order valence-corrected chi connectivity index (χ2v) is 6.52. The van der Waals surface area contributed by atoms with Crippen LogP contribution >= 0.6 is 0 Å². The van der Waals surface area contributed by atoms with E-state index in [1.807, 2.05) is 32.9 Å². The van der Waals surface area contributed by atoms with E-state index < -0.39 is 6.36 Å². The molecule has 0 radical (unpaired) electrons. The standard InChI is InChI=1S/C20H16F3N3O2/c1-10-18(11(2)28-26-10)14-8-16(19-17(9-14)24-12(3)25-19)13-5-4-6-15(7-13)27-20(21,22)23/h4-9H,1-3H3,(H,24,25). The lowest BCUT2D eigenvalue weighted by atomic mass is 9.96. The molecule has 0 saturated carbocycles. The summed E-state index contributed by atoms with van der Waals surface area (Å²) in [4.78, 5) is 7.69. The van der Waals surface area contributed by atoms with Crippen LogP contribution in [0.4, 0.5) is 13.2 Å². The van der Waals surface area contributed by atoms with Gasteiger partial charge in [0.05, 0.1) is 16.7 Å². The van der Waals surface area contributed by atoms with Crippen molar-refractivity contribution in [1.82, 2.24) is 15.1 Å². The number of aryl methyl sites for hydroxylation is 3. The van der Waals surface area contributed by atoms with Gasteiger partial charge >= 0.3 is 6.36 Å². The zero-order chi connectivity index (χ0) is 20.1. The average Bonchev–Trinajstić information content (AvgIpc) is 3.13. The predicted octanol–water partition coefficient (Wildman–Crippen LogP) is 5.71. The summed E-state index contributed by atoms with van der Waals surface area (Å²) in [6.07, 6.45) is -4.75. The summed E-state index contributed by atoms with van der Waals surface area (Å²) in [7, 11) is 0. The fourth-order valence-corrected chi connectivity index (χ4v) is 3.36. The van der Waals surface area contributed by atoms with Gasteiger partial charge in [0.1, 0.15) is 17.3 Å². The van der Waals surface area contributed by atoms with Crippen molar-refractivity contribution in [1.29, 1.82) is 0 Å². The summed E-state index contributed by atoms with van der Waals surface area (Å²) in [5, 5.41) is 3.99. The summed E-state index contributed by atoms with van der Waals surface area (Å²) >= 11 is 0. The monoisotopic (exact) mass is 387 g/mol. The van der Waals surface area contributed by atoms with E-state index in [-0.39, 0.29) is 5.75 Å². The molecule has 2 aromatic carbocycles. The van der Waals surface area contributed by atoms with Crippen LogP contribution in [0.1, 0.15) is 17.3 Å². The number of rotatable bonds is 3. The highest BCUT2D eigenvalue weighted by atomic mass is 19.4. The van der Waals surface area contributed by atoms with Gasteiger partial charge in [-0.05, 0) is 56.2 Å². The molecule has 0 bridgehead atoms. The van der Waals surface area contributed by atoms with Crippen LogP contribution in [0.2, 0.25) is 0 Å². The van der Waals surface area contributed by atoms with Crippen molar-refractivity contribution in [3.8, 4) is 28.0 Å². The van der Waals surface area contributed by atoms with Crippen molar-refractivity contribution in [2.75, 3.05) is 0 Å². The highest BCUT2D eigenvalue weighted by Crippen LogP contribution is 2.37. The number of aromatic amines is 1. The number of benzene rings is 2. The van der Waals surface area contributed by atoms with Crippen LogP contribution in [0.3, 0.4) is 0 Å². The first-order valence-corrected chi connectivity index (χ1v) is 8.51. The topological polar surface area (TPSA) is 63.9 Å².